The Balaban J connectivity index is 1.71. The first-order valence-electron chi connectivity index (χ1n) is 11.8. The molecule has 0 saturated heterocycles. The molecule has 2 aromatic carbocycles. The third kappa shape index (κ3) is 6.13. The lowest BCUT2D eigenvalue weighted by Crippen LogP contribution is -2.50. The average Bonchev–Trinajstić information content (AvgIpc) is 3.25. The minimum atomic E-state index is -0.874. The maximum atomic E-state index is 15.2. The average molecular weight is 534 g/mol. The second-order valence-electron chi connectivity index (χ2n) is 9.67. The summed E-state index contributed by atoms with van der Waals surface area (Å²) in [5.41, 5.74) is 0.842. The van der Waals surface area contributed by atoms with Gasteiger partial charge < -0.3 is 19.7 Å². The fraction of sp³-hybridized carbons (Fsp3) is 0.423. The number of halogens is 2. The van der Waals surface area contributed by atoms with Crippen LogP contribution in [0.25, 0.3) is 0 Å². The van der Waals surface area contributed by atoms with E-state index in [-0.39, 0.29) is 35.7 Å². The maximum Gasteiger partial charge on any atom is 0.408 e. The summed E-state index contributed by atoms with van der Waals surface area (Å²) >= 11 is 7.34. The fourth-order valence-electron chi connectivity index (χ4n) is 3.85. The Kier molecular flexibility index (Phi) is 7.80. The molecule has 0 aromatic heterocycles. The van der Waals surface area contributed by atoms with Crippen molar-refractivity contribution in [2.45, 2.75) is 63.2 Å². The summed E-state index contributed by atoms with van der Waals surface area (Å²) in [5.74, 6) is -0.357. The number of hydrogen-bond acceptors (Lipinski definition) is 6. The van der Waals surface area contributed by atoms with Crippen LogP contribution >= 0.6 is 23.4 Å². The lowest BCUT2D eigenvalue weighted by molar-refractivity contribution is -0.120. The molecule has 2 aliphatic heterocycles. The molecular formula is C26H29ClFN3O4S. The molecular weight excluding hydrogens is 505 g/mol. The molecule has 7 nitrogen and oxygen atoms in total. The van der Waals surface area contributed by atoms with E-state index >= 15 is 4.39 Å². The first kappa shape index (κ1) is 26.3. The van der Waals surface area contributed by atoms with Crippen LogP contribution in [0.15, 0.2) is 46.3 Å². The predicted octanol–water partition coefficient (Wildman–Crippen LogP) is 5.57. The van der Waals surface area contributed by atoms with Gasteiger partial charge in [0, 0.05) is 15.7 Å². The molecule has 1 unspecified atom stereocenters. The molecule has 10 heteroatoms. The first-order valence-corrected chi connectivity index (χ1v) is 13.1. The van der Waals surface area contributed by atoms with Gasteiger partial charge in [0.1, 0.15) is 24.1 Å². The number of fused-ring (bicyclic) bond motifs is 1. The Morgan fingerprint density at radius 3 is 2.67 bits per heavy atom. The number of ether oxygens (including phenoxy) is 2. The van der Waals surface area contributed by atoms with Gasteiger partial charge in [0.25, 0.3) is 5.91 Å². The number of anilines is 1. The van der Waals surface area contributed by atoms with Crippen LogP contribution in [-0.2, 0) is 20.8 Å². The molecule has 2 aliphatic rings. The monoisotopic (exact) mass is 533 g/mol. The van der Waals surface area contributed by atoms with Gasteiger partial charge in [0.15, 0.2) is 0 Å². The number of nitrogens with one attached hydrogen (secondary N) is 1. The zero-order chi connectivity index (χ0) is 26.0. The van der Waals surface area contributed by atoms with E-state index < -0.39 is 23.6 Å². The van der Waals surface area contributed by atoms with Crippen molar-refractivity contribution in [3.05, 3.63) is 58.4 Å². The van der Waals surface area contributed by atoms with Crippen molar-refractivity contribution in [2.75, 3.05) is 17.3 Å². The molecule has 0 bridgehead atoms. The van der Waals surface area contributed by atoms with Crippen LogP contribution in [0, 0.1) is 5.82 Å². The van der Waals surface area contributed by atoms with E-state index in [1.165, 1.54) is 17.8 Å². The van der Waals surface area contributed by atoms with Crippen LogP contribution in [0.4, 0.5) is 14.9 Å². The van der Waals surface area contributed by atoms with Crippen LogP contribution < -0.4 is 10.2 Å². The number of amides is 2. The molecule has 2 heterocycles. The van der Waals surface area contributed by atoms with Crippen LogP contribution in [0.1, 0.15) is 45.2 Å². The number of benzene rings is 2. The highest BCUT2D eigenvalue weighted by Gasteiger charge is 2.35. The van der Waals surface area contributed by atoms with Gasteiger partial charge in [0.2, 0.25) is 5.90 Å². The van der Waals surface area contributed by atoms with Gasteiger partial charge >= 0.3 is 6.09 Å². The molecule has 0 fully saturated rings. The van der Waals surface area contributed by atoms with E-state index in [1.807, 2.05) is 19.1 Å². The first-order chi connectivity index (χ1) is 17.0. The summed E-state index contributed by atoms with van der Waals surface area (Å²) in [6.45, 7) is 7.84. The molecule has 1 N–H and O–H groups in total. The molecule has 36 heavy (non-hydrogen) atoms. The maximum absolute atomic E-state index is 15.2. The largest absolute Gasteiger partial charge is 0.475 e. The van der Waals surface area contributed by atoms with E-state index in [0.717, 1.165) is 12.0 Å². The third-order valence-corrected chi connectivity index (χ3v) is 7.06. The Morgan fingerprint density at radius 2 is 2.03 bits per heavy atom. The van der Waals surface area contributed by atoms with Crippen molar-refractivity contribution in [2.24, 2.45) is 4.99 Å². The quantitative estimate of drug-likeness (QED) is 0.543. The SMILES string of the molecule is CCC1COC(c2cc3c(cc2F)SC[C@H](NC(=O)OC(C)(C)C)C(=O)N3Cc2ccc(Cl)cc2)=N1. The molecule has 0 saturated carbocycles. The van der Waals surface area contributed by atoms with Crippen molar-refractivity contribution < 1.29 is 23.5 Å². The van der Waals surface area contributed by atoms with Gasteiger partial charge in [-0.15, -0.1) is 11.8 Å². The van der Waals surface area contributed by atoms with E-state index in [2.05, 4.69) is 10.3 Å². The third-order valence-electron chi connectivity index (χ3n) is 5.67. The molecule has 2 atom stereocenters. The Bertz CT molecular complexity index is 1180. The van der Waals surface area contributed by atoms with Gasteiger partial charge in [-0.05, 0) is 57.0 Å². The standard InChI is InChI=1S/C26H29ClFN3O4S/c1-5-17-13-34-23(29-17)18-10-21-22(11-19(18)28)36-14-20(30-25(33)35-26(2,3)4)24(32)31(21)12-15-6-8-16(27)9-7-15/h6-11,17,20H,5,12-14H2,1-4H3,(H,30,33)/t17?,20-/m0/s1. The summed E-state index contributed by atoms with van der Waals surface area (Å²) in [5, 5.41) is 3.26. The minimum absolute atomic E-state index is 0.0261. The second-order valence-corrected chi connectivity index (χ2v) is 11.2. The Hall–Kier alpha value is -2.78. The van der Waals surface area contributed by atoms with Crippen molar-refractivity contribution >= 4 is 46.9 Å². The topological polar surface area (TPSA) is 80.2 Å². The van der Waals surface area contributed by atoms with E-state index in [0.29, 0.717) is 22.2 Å². The molecule has 2 aromatic rings. The van der Waals surface area contributed by atoms with Gasteiger partial charge in [0.05, 0.1) is 23.8 Å². The van der Waals surface area contributed by atoms with Crippen molar-refractivity contribution in [1.29, 1.82) is 0 Å². The number of thioether (sulfide) groups is 1. The minimum Gasteiger partial charge on any atom is -0.475 e. The fourth-order valence-corrected chi connectivity index (χ4v) is 5.05. The second kappa shape index (κ2) is 10.7. The zero-order valence-corrected chi connectivity index (χ0v) is 22.2. The number of carbonyl (C=O) groups excluding carboxylic acids is 2. The number of carbonyl (C=O) groups is 2. The molecule has 0 radical (unpaired) electrons. The summed E-state index contributed by atoms with van der Waals surface area (Å²) in [6, 6.07) is 9.24. The van der Waals surface area contributed by atoms with Crippen molar-refractivity contribution in [3.8, 4) is 0 Å². The number of nitrogens with zero attached hydrogens (tertiary/aromatic N) is 2. The number of rotatable bonds is 5. The molecule has 0 aliphatic carbocycles. The lowest BCUT2D eigenvalue weighted by atomic mass is 10.1. The normalized spacial score (nSPS) is 19.8. The smallest absolute Gasteiger partial charge is 0.408 e. The summed E-state index contributed by atoms with van der Waals surface area (Å²) in [6.07, 6.45) is 0.0931. The van der Waals surface area contributed by atoms with E-state index in [9.17, 15) is 9.59 Å². The van der Waals surface area contributed by atoms with Gasteiger partial charge in [-0.2, -0.15) is 0 Å². The highest BCUT2D eigenvalue weighted by Crippen LogP contribution is 2.38. The highest BCUT2D eigenvalue weighted by atomic mass is 35.5. The highest BCUT2D eigenvalue weighted by molar-refractivity contribution is 7.99. The predicted molar refractivity (Wildman–Crippen MR) is 139 cm³/mol. The number of aliphatic imine (C=N–C) groups is 1. The van der Waals surface area contributed by atoms with Crippen molar-refractivity contribution in [1.82, 2.24) is 5.32 Å². The lowest BCUT2D eigenvalue weighted by Gasteiger charge is -2.27. The van der Waals surface area contributed by atoms with E-state index in [4.69, 9.17) is 21.1 Å². The summed E-state index contributed by atoms with van der Waals surface area (Å²) in [7, 11) is 0. The number of alkyl carbamates (subject to hydrolysis) is 1. The Morgan fingerprint density at radius 1 is 1.31 bits per heavy atom. The van der Waals surface area contributed by atoms with Crippen LogP contribution in [-0.4, -0.2) is 47.9 Å². The zero-order valence-electron chi connectivity index (χ0n) is 20.6. The van der Waals surface area contributed by atoms with Gasteiger partial charge in [-0.3, -0.25) is 4.79 Å². The van der Waals surface area contributed by atoms with Crippen molar-refractivity contribution in [3.63, 3.8) is 0 Å². The summed E-state index contributed by atoms with van der Waals surface area (Å²) < 4.78 is 26.2. The molecule has 2 amide bonds. The van der Waals surface area contributed by atoms with Crippen LogP contribution in [0.2, 0.25) is 5.02 Å². The molecule has 192 valence electrons. The molecule has 0 spiro atoms. The van der Waals surface area contributed by atoms with Crippen LogP contribution in [0.3, 0.4) is 0 Å². The van der Waals surface area contributed by atoms with Crippen LogP contribution in [0.5, 0.6) is 0 Å². The Labute approximate surface area is 219 Å². The molecule has 4 rings (SSSR count). The number of hydrogen-bond donors (Lipinski definition) is 1. The van der Waals surface area contributed by atoms with Gasteiger partial charge in [-0.1, -0.05) is 30.7 Å². The van der Waals surface area contributed by atoms with E-state index in [1.54, 1.807) is 43.9 Å². The van der Waals surface area contributed by atoms with Gasteiger partial charge in [-0.25, -0.2) is 14.2 Å². The summed E-state index contributed by atoms with van der Waals surface area (Å²) in [4.78, 5) is 32.9.